The van der Waals surface area contributed by atoms with E-state index >= 15 is 0 Å². The van der Waals surface area contributed by atoms with Gasteiger partial charge in [-0.05, 0) is 36.4 Å². The number of fused-ring (bicyclic) bond motifs is 1. The molecule has 1 aromatic carbocycles. The fourth-order valence-electron chi connectivity index (χ4n) is 4.43. The maximum atomic E-state index is 13.3. The Morgan fingerprint density at radius 1 is 0.780 bits per heavy atom. The molecule has 0 radical (unpaired) electrons. The van der Waals surface area contributed by atoms with Crippen molar-refractivity contribution in [1.82, 2.24) is 23.3 Å². The Morgan fingerprint density at radius 2 is 1.41 bits per heavy atom. The highest BCUT2D eigenvalue weighted by molar-refractivity contribution is 6.07. The van der Waals surface area contributed by atoms with Gasteiger partial charge in [0.15, 0.2) is 0 Å². The summed E-state index contributed by atoms with van der Waals surface area (Å²) in [4.78, 5) is 53.8. The van der Waals surface area contributed by atoms with Gasteiger partial charge in [0.05, 0.1) is 16.9 Å². The highest BCUT2D eigenvalue weighted by Crippen LogP contribution is 2.23. The Bertz CT molecular complexity index is 1830. The van der Waals surface area contributed by atoms with Gasteiger partial charge in [0.2, 0.25) is 5.82 Å². The van der Waals surface area contributed by atoms with Gasteiger partial charge >= 0.3 is 6.09 Å². The van der Waals surface area contributed by atoms with Crippen LogP contribution in [0.5, 0.6) is 0 Å². The van der Waals surface area contributed by atoms with E-state index in [9.17, 15) is 19.2 Å². The van der Waals surface area contributed by atoms with Gasteiger partial charge in [-0.1, -0.05) is 0 Å². The van der Waals surface area contributed by atoms with Gasteiger partial charge in [-0.3, -0.25) is 24.3 Å². The molecule has 212 valence electrons. The van der Waals surface area contributed by atoms with Crippen LogP contribution in [-0.2, 0) is 21.1 Å². The van der Waals surface area contributed by atoms with E-state index in [1.807, 2.05) is 0 Å². The molecule has 0 atom stereocenters. The average Bonchev–Trinajstić information content (AvgIpc) is 3.63. The molecule has 0 aliphatic carbocycles. The molecule has 0 unspecified atom stereocenters. The van der Waals surface area contributed by atoms with E-state index in [2.05, 4.69) is 20.9 Å². The Balaban J connectivity index is 0.00000387. The van der Waals surface area contributed by atoms with Gasteiger partial charge < -0.3 is 35.2 Å². The Labute approximate surface area is 238 Å². The first kappa shape index (κ1) is 28.5. The zero-order valence-corrected chi connectivity index (χ0v) is 22.9. The SMILES string of the molecule is Cl.Cn1cc(NC(=O)c2nc(N)cn2C)cc1C(=O)Nc1cc(C(=O)n2ccc3cc(NC(=O)O)ccc32)n(C)c1. The Kier molecular flexibility index (Phi) is 7.60. The van der Waals surface area contributed by atoms with Gasteiger partial charge in [0, 0.05) is 57.0 Å². The van der Waals surface area contributed by atoms with Crippen LogP contribution in [0.25, 0.3) is 10.9 Å². The van der Waals surface area contributed by atoms with Crippen molar-refractivity contribution in [3.8, 4) is 0 Å². The maximum absolute atomic E-state index is 13.3. The highest BCUT2D eigenvalue weighted by atomic mass is 35.5. The monoisotopic (exact) mass is 579 g/mol. The number of carbonyl (C=O) groups is 4. The van der Waals surface area contributed by atoms with Gasteiger partial charge in [0.25, 0.3) is 17.7 Å². The molecular formula is C26H26ClN9O5. The van der Waals surface area contributed by atoms with Crippen LogP contribution in [0, 0.1) is 0 Å². The molecule has 5 rings (SSSR count). The van der Waals surface area contributed by atoms with Crippen LogP contribution in [0.2, 0.25) is 0 Å². The summed E-state index contributed by atoms with van der Waals surface area (Å²) < 4.78 is 6.10. The number of aromatic nitrogens is 5. The zero-order chi connectivity index (χ0) is 28.7. The molecule has 6 N–H and O–H groups in total. The molecule has 15 heteroatoms. The lowest BCUT2D eigenvalue weighted by molar-refractivity contribution is 0.0954. The standard InChI is InChI=1S/C26H25N9O5.ClH/c1-32-11-16(29-24(37)22-31-21(27)13-34(22)3)9-19(32)23(36)28-17-10-20(33(2)12-17)25(38)35-7-6-14-8-15(30-26(39)40)4-5-18(14)35;/h4-13,30H,27H2,1-3H3,(H,28,36)(H,29,37)(H,39,40);1H. The average molecular weight is 580 g/mol. The number of rotatable bonds is 6. The van der Waals surface area contributed by atoms with Crippen molar-refractivity contribution in [3.05, 3.63) is 78.4 Å². The predicted octanol–water partition coefficient (Wildman–Crippen LogP) is 3.34. The lowest BCUT2D eigenvalue weighted by Gasteiger charge is -2.06. The minimum Gasteiger partial charge on any atom is -0.465 e. The third kappa shape index (κ3) is 5.62. The molecule has 4 heterocycles. The van der Waals surface area contributed by atoms with Crippen molar-refractivity contribution in [1.29, 1.82) is 0 Å². The number of benzene rings is 1. The van der Waals surface area contributed by atoms with Crippen LogP contribution in [0.4, 0.5) is 27.7 Å². The summed E-state index contributed by atoms with van der Waals surface area (Å²) in [6, 6.07) is 9.64. The number of imidazole rings is 1. The fourth-order valence-corrected chi connectivity index (χ4v) is 4.43. The van der Waals surface area contributed by atoms with Crippen LogP contribution in [0.3, 0.4) is 0 Å². The third-order valence-electron chi connectivity index (χ3n) is 6.24. The van der Waals surface area contributed by atoms with Crippen LogP contribution in [-0.4, -0.2) is 52.2 Å². The van der Waals surface area contributed by atoms with Crippen LogP contribution in [0.15, 0.2) is 61.2 Å². The van der Waals surface area contributed by atoms with Gasteiger partial charge in [-0.2, -0.15) is 0 Å². The normalized spacial score (nSPS) is 10.7. The molecule has 0 aliphatic rings. The Morgan fingerprint density at radius 3 is 2.05 bits per heavy atom. The highest BCUT2D eigenvalue weighted by Gasteiger charge is 2.20. The first-order chi connectivity index (χ1) is 19.0. The van der Waals surface area contributed by atoms with Crippen molar-refractivity contribution in [3.63, 3.8) is 0 Å². The molecule has 5 aromatic rings. The van der Waals surface area contributed by atoms with Crippen molar-refractivity contribution < 1.29 is 24.3 Å². The molecule has 4 aromatic heterocycles. The van der Waals surface area contributed by atoms with Gasteiger partial charge in [0.1, 0.15) is 17.2 Å². The molecule has 0 aliphatic heterocycles. The molecule has 0 bridgehead atoms. The lowest BCUT2D eigenvalue weighted by Crippen LogP contribution is -2.16. The minimum atomic E-state index is -1.18. The summed E-state index contributed by atoms with van der Waals surface area (Å²) >= 11 is 0. The maximum Gasteiger partial charge on any atom is 0.409 e. The largest absolute Gasteiger partial charge is 0.465 e. The number of hydrogen-bond acceptors (Lipinski definition) is 6. The number of nitrogens with two attached hydrogens (primary N) is 1. The summed E-state index contributed by atoms with van der Waals surface area (Å²) in [6.45, 7) is 0. The second-order valence-electron chi connectivity index (χ2n) is 9.15. The third-order valence-corrected chi connectivity index (χ3v) is 6.24. The molecule has 0 fully saturated rings. The second kappa shape index (κ2) is 10.9. The van der Waals surface area contributed by atoms with E-state index in [-0.39, 0.29) is 35.7 Å². The summed E-state index contributed by atoms with van der Waals surface area (Å²) in [5.41, 5.74) is 8.00. The lowest BCUT2D eigenvalue weighted by atomic mass is 10.2. The number of carbonyl (C=O) groups excluding carboxylic acids is 3. The number of hydrogen-bond donors (Lipinski definition) is 5. The van der Waals surface area contributed by atoms with Crippen LogP contribution < -0.4 is 21.7 Å². The van der Waals surface area contributed by atoms with E-state index in [0.29, 0.717) is 33.7 Å². The van der Waals surface area contributed by atoms with Crippen molar-refractivity contribution in [2.75, 3.05) is 21.7 Å². The van der Waals surface area contributed by atoms with E-state index in [0.717, 1.165) is 0 Å². The second-order valence-corrected chi connectivity index (χ2v) is 9.15. The van der Waals surface area contributed by atoms with Crippen molar-refractivity contribution in [2.45, 2.75) is 0 Å². The van der Waals surface area contributed by atoms with Gasteiger partial charge in [-0.15, -0.1) is 12.4 Å². The summed E-state index contributed by atoms with van der Waals surface area (Å²) in [6.07, 6.45) is 5.14. The molecule has 0 saturated heterocycles. The molecule has 0 saturated carbocycles. The number of nitrogens with one attached hydrogen (secondary N) is 3. The first-order valence-corrected chi connectivity index (χ1v) is 11.9. The number of anilines is 4. The molecule has 14 nitrogen and oxygen atoms in total. The topological polar surface area (TPSA) is 183 Å². The van der Waals surface area contributed by atoms with Crippen LogP contribution >= 0.6 is 12.4 Å². The van der Waals surface area contributed by atoms with Gasteiger partial charge in [-0.25, -0.2) is 9.78 Å². The fraction of sp³-hybridized carbons (Fsp3) is 0.115. The smallest absolute Gasteiger partial charge is 0.409 e. The predicted molar refractivity (Wildman–Crippen MR) is 155 cm³/mol. The summed E-state index contributed by atoms with van der Waals surface area (Å²) in [5.74, 6) is -0.917. The van der Waals surface area contributed by atoms with Crippen molar-refractivity contribution >= 4 is 70.0 Å². The van der Waals surface area contributed by atoms with E-state index in [4.69, 9.17) is 10.8 Å². The molecule has 41 heavy (non-hydrogen) atoms. The van der Waals surface area contributed by atoms with Crippen LogP contribution in [0.1, 0.15) is 31.6 Å². The number of halogens is 1. The Hall–Kier alpha value is -5.50. The number of amides is 3. The summed E-state index contributed by atoms with van der Waals surface area (Å²) in [5, 5.41) is 17.4. The number of aryl methyl sites for hydroxylation is 3. The molecule has 3 amide bonds. The van der Waals surface area contributed by atoms with E-state index in [1.54, 1.807) is 79.2 Å². The summed E-state index contributed by atoms with van der Waals surface area (Å²) in [7, 11) is 5.00. The zero-order valence-electron chi connectivity index (χ0n) is 22.1. The number of nitrogens with zero attached hydrogens (tertiary/aromatic N) is 5. The van der Waals surface area contributed by atoms with Crippen molar-refractivity contribution in [2.24, 2.45) is 21.1 Å². The van der Waals surface area contributed by atoms with E-state index in [1.165, 1.54) is 21.4 Å². The number of carboxylic acid groups (broad SMARTS) is 1. The quantitative estimate of drug-likeness (QED) is 0.204. The van der Waals surface area contributed by atoms with E-state index < -0.39 is 17.9 Å². The molecular weight excluding hydrogens is 554 g/mol. The first-order valence-electron chi connectivity index (χ1n) is 11.9. The number of nitrogen functional groups attached to an aromatic ring is 1. The molecule has 0 spiro atoms. The minimum absolute atomic E-state index is 0.